The molecule has 0 radical (unpaired) electrons. The highest BCUT2D eigenvalue weighted by Crippen LogP contribution is 2.39. The summed E-state index contributed by atoms with van der Waals surface area (Å²) in [5.74, 6) is 0.547. The maximum absolute atomic E-state index is 13.5. The molecule has 4 rings (SSSR count). The zero-order valence-electron chi connectivity index (χ0n) is 16.9. The third kappa shape index (κ3) is 3.52. The van der Waals surface area contributed by atoms with E-state index >= 15 is 0 Å². The Kier molecular flexibility index (Phi) is 5.22. The van der Waals surface area contributed by atoms with E-state index in [9.17, 15) is 9.18 Å². The molecule has 2 aromatic carbocycles. The van der Waals surface area contributed by atoms with Crippen molar-refractivity contribution in [2.75, 3.05) is 17.2 Å². The fourth-order valence-corrected chi connectivity index (χ4v) is 3.62. The van der Waals surface area contributed by atoms with Gasteiger partial charge >= 0.3 is 0 Å². The molecule has 0 aliphatic carbocycles. The van der Waals surface area contributed by atoms with E-state index in [1.165, 1.54) is 18.5 Å². The minimum atomic E-state index is -0.535. The molecule has 1 atom stereocenters. The van der Waals surface area contributed by atoms with Crippen LogP contribution in [0.25, 0.3) is 0 Å². The van der Waals surface area contributed by atoms with Crippen molar-refractivity contribution in [3.05, 3.63) is 77.0 Å². The average Bonchev–Trinajstić information content (AvgIpc) is 3.18. The highest BCUT2D eigenvalue weighted by molar-refractivity contribution is 6.06. The topological polar surface area (TPSA) is 81.1 Å². The molecule has 2 N–H and O–H groups in total. The number of halogens is 1. The third-order valence-electron chi connectivity index (χ3n) is 4.99. The molecule has 1 aliphatic heterocycles. The molecule has 0 unspecified atom stereocenters. The van der Waals surface area contributed by atoms with Crippen LogP contribution in [-0.2, 0) is 4.79 Å². The smallest absolute Gasteiger partial charge is 0.255 e. The molecule has 30 heavy (non-hydrogen) atoms. The largest absolute Gasteiger partial charge is 0.494 e. The highest BCUT2D eigenvalue weighted by Gasteiger charge is 2.35. The highest BCUT2D eigenvalue weighted by atomic mass is 19.1. The number of carbonyl (C=O) groups is 1. The van der Waals surface area contributed by atoms with Crippen LogP contribution >= 0.6 is 0 Å². The SMILES string of the molecule is CCOc1ccccc1[C@@H]1C(C(=O)Nc2ccc(F)cc2C)=C(C)Nc2ncnn21. The van der Waals surface area contributed by atoms with Crippen molar-refractivity contribution in [1.29, 1.82) is 0 Å². The third-order valence-corrected chi connectivity index (χ3v) is 4.99. The van der Waals surface area contributed by atoms with Crippen LogP contribution in [0, 0.1) is 12.7 Å². The summed E-state index contributed by atoms with van der Waals surface area (Å²) in [6, 6.07) is 11.3. The lowest BCUT2D eigenvalue weighted by Gasteiger charge is -2.29. The number of ether oxygens (including phenoxy) is 1. The van der Waals surface area contributed by atoms with Gasteiger partial charge in [-0.3, -0.25) is 4.79 Å². The van der Waals surface area contributed by atoms with Crippen LogP contribution in [0.5, 0.6) is 5.75 Å². The van der Waals surface area contributed by atoms with Crippen LogP contribution in [-0.4, -0.2) is 27.3 Å². The first kappa shape index (κ1) is 19.6. The molecule has 0 spiro atoms. The summed E-state index contributed by atoms with van der Waals surface area (Å²) < 4.78 is 20.9. The minimum Gasteiger partial charge on any atom is -0.494 e. The normalized spacial score (nSPS) is 15.4. The van der Waals surface area contributed by atoms with Gasteiger partial charge in [0.2, 0.25) is 5.95 Å². The second kappa shape index (κ2) is 7.98. The number of nitrogens with zero attached hydrogens (tertiary/aromatic N) is 3. The van der Waals surface area contributed by atoms with Gasteiger partial charge in [-0.05, 0) is 50.6 Å². The summed E-state index contributed by atoms with van der Waals surface area (Å²) >= 11 is 0. The number of amides is 1. The molecule has 0 saturated carbocycles. The number of hydrogen-bond acceptors (Lipinski definition) is 5. The van der Waals surface area contributed by atoms with E-state index in [1.54, 1.807) is 17.7 Å². The summed E-state index contributed by atoms with van der Waals surface area (Å²) in [4.78, 5) is 17.6. The molecule has 1 amide bonds. The molecular formula is C22H22FN5O2. The van der Waals surface area contributed by atoms with Crippen molar-refractivity contribution in [2.45, 2.75) is 26.8 Å². The summed E-state index contributed by atoms with van der Waals surface area (Å²) in [6.45, 7) is 5.97. The molecule has 3 aromatic rings. The molecule has 154 valence electrons. The van der Waals surface area contributed by atoms with Crippen LogP contribution < -0.4 is 15.4 Å². The maximum atomic E-state index is 13.5. The molecule has 8 heteroatoms. The van der Waals surface area contributed by atoms with E-state index in [-0.39, 0.29) is 11.7 Å². The number of aryl methyl sites for hydroxylation is 1. The lowest BCUT2D eigenvalue weighted by molar-refractivity contribution is -0.113. The van der Waals surface area contributed by atoms with Crippen molar-refractivity contribution in [2.24, 2.45) is 0 Å². The van der Waals surface area contributed by atoms with Crippen LogP contribution in [0.3, 0.4) is 0 Å². The van der Waals surface area contributed by atoms with E-state index in [0.29, 0.717) is 40.8 Å². The monoisotopic (exact) mass is 407 g/mol. The van der Waals surface area contributed by atoms with Crippen LogP contribution in [0.15, 0.2) is 60.1 Å². The summed E-state index contributed by atoms with van der Waals surface area (Å²) in [7, 11) is 0. The molecular weight excluding hydrogens is 385 g/mol. The zero-order valence-corrected chi connectivity index (χ0v) is 16.9. The number of rotatable bonds is 5. The second-order valence-corrected chi connectivity index (χ2v) is 6.98. The number of anilines is 2. The van der Waals surface area contributed by atoms with Crippen LogP contribution in [0.2, 0.25) is 0 Å². The second-order valence-electron chi connectivity index (χ2n) is 6.98. The van der Waals surface area contributed by atoms with E-state index in [1.807, 2.05) is 38.1 Å². The number of hydrogen-bond donors (Lipinski definition) is 2. The van der Waals surface area contributed by atoms with Gasteiger partial charge in [-0.25, -0.2) is 9.07 Å². The first-order valence-corrected chi connectivity index (χ1v) is 9.66. The summed E-state index contributed by atoms with van der Waals surface area (Å²) in [5, 5.41) is 10.4. The minimum absolute atomic E-state index is 0.313. The lowest BCUT2D eigenvalue weighted by Crippen LogP contribution is -2.32. The number of nitrogens with one attached hydrogen (secondary N) is 2. The molecule has 1 aliphatic rings. The Morgan fingerprint density at radius 3 is 2.83 bits per heavy atom. The van der Waals surface area contributed by atoms with Gasteiger partial charge in [0, 0.05) is 16.9 Å². The summed E-state index contributed by atoms with van der Waals surface area (Å²) in [5.41, 5.74) is 3.11. The Morgan fingerprint density at radius 2 is 2.07 bits per heavy atom. The molecule has 7 nitrogen and oxygen atoms in total. The first-order chi connectivity index (χ1) is 14.5. The van der Waals surface area contributed by atoms with Gasteiger partial charge in [-0.2, -0.15) is 10.1 Å². The lowest BCUT2D eigenvalue weighted by atomic mass is 9.94. The molecule has 2 heterocycles. The fourth-order valence-electron chi connectivity index (χ4n) is 3.62. The van der Waals surface area contributed by atoms with Crippen molar-refractivity contribution >= 4 is 17.5 Å². The van der Waals surface area contributed by atoms with Gasteiger partial charge in [0.05, 0.1) is 12.2 Å². The Hall–Kier alpha value is -3.68. The fraction of sp³-hybridized carbons (Fsp3) is 0.227. The number of allylic oxidation sites excluding steroid dienone is 1. The van der Waals surface area contributed by atoms with E-state index in [2.05, 4.69) is 20.7 Å². The predicted octanol–water partition coefficient (Wildman–Crippen LogP) is 4.05. The Balaban J connectivity index is 1.79. The van der Waals surface area contributed by atoms with Crippen LogP contribution in [0.1, 0.15) is 31.0 Å². The van der Waals surface area contributed by atoms with Crippen molar-refractivity contribution in [3.63, 3.8) is 0 Å². The van der Waals surface area contributed by atoms with Crippen LogP contribution in [0.4, 0.5) is 16.0 Å². The maximum Gasteiger partial charge on any atom is 0.255 e. The van der Waals surface area contributed by atoms with E-state index in [4.69, 9.17) is 4.74 Å². The number of para-hydroxylation sites is 1. The molecule has 1 aromatic heterocycles. The van der Waals surface area contributed by atoms with Gasteiger partial charge < -0.3 is 15.4 Å². The molecule has 0 saturated heterocycles. The van der Waals surface area contributed by atoms with E-state index < -0.39 is 6.04 Å². The van der Waals surface area contributed by atoms with Gasteiger partial charge in [0.25, 0.3) is 5.91 Å². The molecule has 0 fully saturated rings. The zero-order chi connectivity index (χ0) is 21.3. The number of carbonyl (C=O) groups excluding carboxylic acids is 1. The van der Waals surface area contributed by atoms with Crippen molar-refractivity contribution in [1.82, 2.24) is 14.8 Å². The average molecular weight is 407 g/mol. The first-order valence-electron chi connectivity index (χ1n) is 9.66. The Bertz CT molecular complexity index is 1140. The van der Waals surface area contributed by atoms with E-state index in [0.717, 1.165) is 5.56 Å². The van der Waals surface area contributed by atoms with Gasteiger partial charge in [-0.15, -0.1) is 0 Å². The van der Waals surface area contributed by atoms with Gasteiger partial charge in [0.1, 0.15) is 23.9 Å². The Labute approximate surface area is 173 Å². The standard InChI is InChI=1S/C22H22FN5O2/c1-4-30-18-8-6-5-7-16(18)20-19(14(3)26-22-24-12-25-28(20)22)21(29)27-17-10-9-15(23)11-13(17)2/h5-12,20H,4H2,1-3H3,(H,27,29)(H,24,25,26)/t20-/m1/s1. The number of benzene rings is 2. The molecule has 0 bridgehead atoms. The number of fused-ring (bicyclic) bond motifs is 1. The quantitative estimate of drug-likeness (QED) is 0.667. The summed E-state index contributed by atoms with van der Waals surface area (Å²) in [6.07, 6.45) is 1.44. The number of aromatic nitrogens is 3. The Morgan fingerprint density at radius 1 is 1.27 bits per heavy atom. The van der Waals surface area contributed by atoms with Crippen molar-refractivity contribution < 1.29 is 13.9 Å². The van der Waals surface area contributed by atoms with Crippen molar-refractivity contribution in [3.8, 4) is 5.75 Å². The van der Waals surface area contributed by atoms with Gasteiger partial charge in [0.15, 0.2) is 0 Å². The van der Waals surface area contributed by atoms with Gasteiger partial charge in [-0.1, -0.05) is 18.2 Å². The predicted molar refractivity (Wildman–Crippen MR) is 112 cm³/mol.